The topological polar surface area (TPSA) is 9.23 Å². The second kappa shape index (κ2) is 5.45. The van der Waals surface area contributed by atoms with Gasteiger partial charge in [-0.15, -0.1) is 0 Å². The van der Waals surface area contributed by atoms with E-state index >= 15 is 0 Å². The number of ether oxygens (including phenoxy) is 1. The molecule has 1 aromatic carbocycles. The predicted octanol–water partition coefficient (Wildman–Crippen LogP) is 3.52. The van der Waals surface area contributed by atoms with Gasteiger partial charge in [-0.05, 0) is 23.8 Å². The molecule has 82 valence electrons. The Labute approximate surface area is 96.2 Å². The van der Waals surface area contributed by atoms with Gasteiger partial charge in [0, 0.05) is 12.2 Å². The highest BCUT2D eigenvalue weighted by molar-refractivity contribution is 7.99. The first-order valence-corrected chi connectivity index (χ1v) is 6.88. The Bertz CT molecular complexity index is 286. The van der Waals surface area contributed by atoms with Gasteiger partial charge in [0.1, 0.15) is 11.9 Å². The van der Waals surface area contributed by atoms with Crippen LogP contribution in [0.2, 0.25) is 0 Å². The van der Waals surface area contributed by atoms with Gasteiger partial charge in [-0.2, -0.15) is 11.8 Å². The number of hydrogen-bond acceptors (Lipinski definition) is 2. The normalized spacial score (nSPS) is 18.6. The molecule has 0 saturated heterocycles. The molecule has 1 heterocycles. The Morgan fingerprint density at radius 1 is 1.40 bits per heavy atom. The van der Waals surface area contributed by atoms with Crippen molar-refractivity contribution in [1.82, 2.24) is 0 Å². The SMILES string of the molecule is CCCCSCC1Cc2ccccc2O1. The lowest BCUT2D eigenvalue weighted by atomic mass is 10.1. The van der Waals surface area contributed by atoms with E-state index < -0.39 is 0 Å². The number of unbranched alkanes of at least 4 members (excludes halogenated alkanes) is 1. The Kier molecular flexibility index (Phi) is 3.95. The monoisotopic (exact) mass is 222 g/mol. The molecule has 0 amide bonds. The summed E-state index contributed by atoms with van der Waals surface area (Å²) in [4.78, 5) is 0. The number of hydrogen-bond donors (Lipinski definition) is 0. The maximum atomic E-state index is 5.87. The Hall–Kier alpha value is -0.630. The third-order valence-electron chi connectivity index (χ3n) is 2.66. The molecule has 1 unspecified atom stereocenters. The molecule has 0 bridgehead atoms. The van der Waals surface area contributed by atoms with Gasteiger partial charge in [0.2, 0.25) is 0 Å². The van der Waals surface area contributed by atoms with Crippen molar-refractivity contribution in [3.05, 3.63) is 29.8 Å². The third kappa shape index (κ3) is 2.91. The molecule has 15 heavy (non-hydrogen) atoms. The lowest BCUT2D eigenvalue weighted by Crippen LogP contribution is -2.16. The fraction of sp³-hybridized carbons (Fsp3) is 0.538. The van der Waals surface area contributed by atoms with E-state index in [4.69, 9.17) is 4.74 Å². The summed E-state index contributed by atoms with van der Waals surface area (Å²) < 4.78 is 5.87. The number of fused-ring (bicyclic) bond motifs is 1. The highest BCUT2D eigenvalue weighted by Crippen LogP contribution is 2.29. The molecule has 1 aromatic rings. The summed E-state index contributed by atoms with van der Waals surface area (Å²) >= 11 is 2.02. The van der Waals surface area contributed by atoms with Crippen molar-refractivity contribution in [1.29, 1.82) is 0 Å². The maximum Gasteiger partial charge on any atom is 0.123 e. The second-order valence-corrected chi connectivity index (χ2v) is 5.13. The third-order valence-corrected chi connectivity index (χ3v) is 3.84. The summed E-state index contributed by atoms with van der Waals surface area (Å²) in [7, 11) is 0. The van der Waals surface area contributed by atoms with Crippen LogP contribution < -0.4 is 4.74 Å². The second-order valence-electron chi connectivity index (χ2n) is 3.98. The molecule has 0 N–H and O–H groups in total. The summed E-state index contributed by atoms with van der Waals surface area (Å²) in [6.45, 7) is 2.24. The summed E-state index contributed by atoms with van der Waals surface area (Å²) in [5.74, 6) is 3.50. The molecular formula is C13H18OS. The Balaban J connectivity index is 1.76. The van der Waals surface area contributed by atoms with Crippen LogP contribution in [0.25, 0.3) is 0 Å². The first-order valence-electron chi connectivity index (χ1n) is 5.72. The number of thioether (sulfide) groups is 1. The zero-order chi connectivity index (χ0) is 10.5. The van der Waals surface area contributed by atoms with E-state index in [9.17, 15) is 0 Å². The summed E-state index contributed by atoms with van der Waals surface area (Å²) in [6.07, 6.45) is 4.11. The number of rotatable bonds is 5. The summed E-state index contributed by atoms with van der Waals surface area (Å²) in [5.41, 5.74) is 1.37. The average Bonchev–Trinajstić information content (AvgIpc) is 2.67. The van der Waals surface area contributed by atoms with Crippen molar-refractivity contribution >= 4 is 11.8 Å². The summed E-state index contributed by atoms with van der Waals surface area (Å²) in [5, 5.41) is 0. The van der Waals surface area contributed by atoms with Crippen LogP contribution in [0.3, 0.4) is 0 Å². The lowest BCUT2D eigenvalue weighted by molar-refractivity contribution is 0.259. The van der Waals surface area contributed by atoms with Gasteiger partial charge in [-0.25, -0.2) is 0 Å². The van der Waals surface area contributed by atoms with Crippen LogP contribution in [0.4, 0.5) is 0 Å². The minimum atomic E-state index is 0.407. The molecule has 0 radical (unpaired) electrons. The van der Waals surface area contributed by atoms with Crippen molar-refractivity contribution in [2.75, 3.05) is 11.5 Å². The Morgan fingerprint density at radius 2 is 2.27 bits per heavy atom. The van der Waals surface area contributed by atoms with Gasteiger partial charge in [-0.1, -0.05) is 31.5 Å². The van der Waals surface area contributed by atoms with Crippen LogP contribution in [0, 0.1) is 0 Å². The molecule has 0 aromatic heterocycles. The molecule has 0 aliphatic carbocycles. The maximum absolute atomic E-state index is 5.87. The molecule has 0 spiro atoms. The van der Waals surface area contributed by atoms with Crippen molar-refractivity contribution in [3.8, 4) is 5.75 Å². The van der Waals surface area contributed by atoms with Gasteiger partial charge in [0.25, 0.3) is 0 Å². The van der Waals surface area contributed by atoms with Crippen molar-refractivity contribution in [3.63, 3.8) is 0 Å². The van der Waals surface area contributed by atoms with E-state index in [1.165, 1.54) is 24.2 Å². The average molecular weight is 222 g/mol. The predicted molar refractivity (Wildman–Crippen MR) is 66.8 cm³/mol. The van der Waals surface area contributed by atoms with Gasteiger partial charge in [0.05, 0.1) is 0 Å². The van der Waals surface area contributed by atoms with Gasteiger partial charge < -0.3 is 4.74 Å². The van der Waals surface area contributed by atoms with E-state index in [2.05, 4.69) is 25.1 Å². The van der Waals surface area contributed by atoms with Crippen molar-refractivity contribution in [2.24, 2.45) is 0 Å². The van der Waals surface area contributed by atoms with E-state index in [1.54, 1.807) is 0 Å². The molecular weight excluding hydrogens is 204 g/mol. The molecule has 1 nitrogen and oxygen atoms in total. The van der Waals surface area contributed by atoms with E-state index in [0.29, 0.717) is 6.10 Å². The molecule has 2 heteroatoms. The number of para-hydroxylation sites is 1. The first-order chi connectivity index (χ1) is 7.40. The zero-order valence-corrected chi connectivity index (χ0v) is 10.1. The van der Waals surface area contributed by atoms with Gasteiger partial charge >= 0.3 is 0 Å². The van der Waals surface area contributed by atoms with E-state index in [0.717, 1.165) is 17.9 Å². The van der Waals surface area contributed by atoms with Crippen LogP contribution in [-0.2, 0) is 6.42 Å². The number of benzene rings is 1. The van der Waals surface area contributed by atoms with E-state index in [-0.39, 0.29) is 0 Å². The molecule has 1 atom stereocenters. The first kappa shape index (κ1) is 10.9. The smallest absolute Gasteiger partial charge is 0.123 e. The minimum absolute atomic E-state index is 0.407. The largest absolute Gasteiger partial charge is 0.489 e. The highest BCUT2D eigenvalue weighted by atomic mass is 32.2. The van der Waals surface area contributed by atoms with Crippen LogP contribution in [0.5, 0.6) is 5.75 Å². The van der Waals surface area contributed by atoms with Gasteiger partial charge in [-0.3, -0.25) is 0 Å². The molecule has 0 fully saturated rings. The quantitative estimate of drug-likeness (QED) is 0.705. The highest BCUT2D eigenvalue weighted by Gasteiger charge is 2.21. The standard InChI is InChI=1S/C13H18OS/c1-2-3-8-15-10-12-9-11-6-4-5-7-13(11)14-12/h4-7,12H,2-3,8-10H2,1H3. The van der Waals surface area contributed by atoms with E-state index in [1.807, 2.05) is 17.8 Å². The van der Waals surface area contributed by atoms with Crippen molar-refractivity contribution < 1.29 is 4.74 Å². The fourth-order valence-corrected chi connectivity index (χ4v) is 2.92. The van der Waals surface area contributed by atoms with Crippen molar-refractivity contribution in [2.45, 2.75) is 32.3 Å². The van der Waals surface area contributed by atoms with Gasteiger partial charge in [0.15, 0.2) is 0 Å². The molecule has 1 aliphatic heterocycles. The van der Waals surface area contributed by atoms with Crippen LogP contribution >= 0.6 is 11.8 Å². The lowest BCUT2D eigenvalue weighted by Gasteiger charge is -2.09. The van der Waals surface area contributed by atoms with Crippen LogP contribution in [0.15, 0.2) is 24.3 Å². The fourth-order valence-electron chi connectivity index (χ4n) is 1.81. The molecule has 2 rings (SSSR count). The van der Waals surface area contributed by atoms with Crippen LogP contribution in [-0.4, -0.2) is 17.6 Å². The zero-order valence-electron chi connectivity index (χ0n) is 9.24. The molecule has 1 aliphatic rings. The summed E-state index contributed by atoms with van der Waals surface area (Å²) in [6, 6.07) is 8.39. The minimum Gasteiger partial charge on any atom is -0.489 e. The van der Waals surface area contributed by atoms with Crippen LogP contribution in [0.1, 0.15) is 25.3 Å². The Morgan fingerprint density at radius 3 is 3.07 bits per heavy atom. The molecule has 0 saturated carbocycles.